The predicted molar refractivity (Wildman–Crippen MR) is 84.5 cm³/mol. The first-order chi connectivity index (χ1) is 9.88. The Morgan fingerprint density at radius 3 is 2.60 bits per heavy atom. The molecule has 0 saturated carbocycles. The Kier molecular flexibility index (Phi) is 3.73. The second-order valence-corrected chi connectivity index (χ2v) is 7.54. The summed E-state index contributed by atoms with van der Waals surface area (Å²) in [5, 5.41) is 4.15. The van der Waals surface area contributed by atoms with E-state index in [4.69, 9.17) is 0 Å². The molecule has 1 unspecified atom stereocenters. The molecule has 3 heterocycles. The summed E-state index contributed by atoms with van der Waals surface area (Å²) in [5.41, 5.74) is 1.56. The smallest absolute Gasteiger partial charge is 0.0346 e. The molecule has 0 aliphatic carbocycles. The number of thioether (sulfide) groups is 1. The number of rotatable bonds is 3. The van der Waals surface area contributed by atoms with Gasteiger partial charge in [0.05, 0.1) is 0 Å². The Balaban J connectivity index is 1.27. The van der Waals surface area contributed by atoms with Crippen molar-refractivity contribution in [1.29, 1.82) is 0 Å². The van der Waals surface area contributed by atoms with Gasteiger partial charge in [-0.25, -0.2) is 0 Å². The highest BCUT2D eigenvalue weighted by Crippen LogP contribution is 2.37. The van der Waals surface area contributed by atoms with E-state index in [1.807, 2.05) is 0 Å². The molecule has 1 atom stereocenters. The molecule has 3 nitrogen and oxygen atoms in total. The monoisotopic (exact) mass is 289 g/mol. The summed E-state index contributed by atoms with van der Waals surface area (Å²) >= 11 is 2.09. The van der Waals surface area contributed by atoms with Crippen molar-refractivity contribution in [3.05, 3.63) is 29.8 Å². The summed E-state index contributed by atoms with van der Waals surface area (Å²) in [5.74, 6) is 0. The number of benzene rings is 1. The van der Waals surface area contributed by atoms with E-state index in [9.17, 15) is 0 Å². The van der Waals surface area contributed by atoms with Gasteiger partial charge in [-0.05, 0) is 18.1 Å². The third-order valence-electron chi connectivity index (χ3n) is 4.86. The van der Waals surface area contributed by atoms with Crippen molar-refractivity contribution in [2.45, 2.75) is 22.6 Å². The maximum Gasteiger partial charge on any atom is 0.0346 e. The summed E-state index contributed by atoms with van der Waals surface area (Å²) in [4.78, 5) is 6.85. The lowest BCUT2D eigenvalue weighted by Crippen LogP contribution is -2.61. The van der Waals surface area contributed by atoms with E-state index in [-0.39, 0.29) is 0 Å². The molecule has 0 amide bonds. The minimum atomic E-state index is 0.768. The van der Waals surface area contributed by atoms with Crippen LogP contribution in [0.3, 0.4) is 0 Å². The van der Waals surface area contributed by atoms with Crippen LogP contribution in [0.4, 0.5) is 0 Å². The minimum absolute atomic E-state index is 0.768. The van der Waals surface area contributed by atoms with Crippen molar-refractivity contribution < 1.29 is 0 Å². The third-order valence-corrected chi connectivity index (χ3v) is 6.16. The van der Waals surface area contributed by atoms with Gasteiger partial charge in [-0.15, -0.1) is 11.8 Å². The average Bonchev–Trinajstić information content (AvgIpc) is 2.81. The zero-order chi connectivity index (χ0) is 13.4. The predicted octanol–water partition coefficient (Wildman–Crippen LogP) is 1.29. The maximum absolute atomic E-state index is 3.38. The first kappa shape index (κ1) is 13.1. The van der Waals surface area contributed by atoms with Crippen molar-refractivity contribution in [1.82, 2.24) is 15.1 Å². The van der Waals surface area contributed by atoms with Crippen LogP contribution in [0.25, 0.3) is 0 Å². The van der Waals surface area contributed by atoms with Crippen LogP contribution >= 0.6 is 11.8 Å². The Morgan fingerprint density at radius 2 is 1.90 bits per heavy atom. The van der Waals surface area contributed by atoms with Gasteiger partial charge in [-0.2, -0.15) is 0 Å². The van der Waals surface area contributed by atoms with Crippen molar-refractivity contribution in [3.63, 3.8) is 0 Å². The van der Waals surface area contributed by atoms with Gasteiger partial charge < -0.3 is 5.32 Å². The highest BCUT2D eigenvalue weighted by atomic mass is 32.2. The summed E-state index contributed by atoms with van der Waals surface area (Å²) in [6, 6.07) is 9.74. The van der Waals surface area contributed by atoms with Gasteiger partial charge in [0.1, 0.15) is 0 Å². The standard InChI is InChI=1S/C16H23N3S/c1-2-4-16-13(3-1)9-15(20-16)12-18-5-7-19(8-6-18)14-10-17-11-14/h1-4,14-15,17H,5-12H2. The van der Waals surface area contributed by atoms with Crippen molar-refractivity contribution >= 4 is 11.8 Å². The molecule has 108 valence electrons. The molecule has 3 aliphatic rings. The van der Waals surface area contributed by atoms with Gasteiger partial charge in [0, 0.05) is 62.0 Å². The lowest BCUT2D eigenvalue weighted by molar-refractivity contribution is 0.0732. The van der Waals surface area contributed by atoms with E-state index in [1.165, 1.54) is 57.1 Å². The van der Waals surface area contributed by atoms with Crippen LogP contribution in [0.15, 0.2) is 29.2 Å². The van der Waals surface area contributed by atoms with Crippen LogP contribution in [0, 0.1) is 0 Å². The summed E-state index contributed by atoms with van der Waals surface area (Å²) in [7, 11) is 0. The Labute approximate surface area is 125 Å². The van der Waals surface area contributed by atoms with Gasteiger partial charge in [0.2, 0.25) is 0 Å². The molecule has 2 fully saturated rings. The number of hydrogen-bond donors (Lipinski definition) is 1. The maximum atomic E-state index is 3.38. The Bertz CT molecular complexity index is 442. The van der Waals surface area contributed by atoms with E-state index in [0.717, 1.165) is 11.3 Å². The van der Waals surface area contributed by atoms with Crippen LogP contribution < -0.4 is 5.32 Å². The second-order valence-electron chi connectivity index (χ2n) is 6.20. The molecule has 2 saturated heterocycles. The highest BCUT2D eigenvalue weighted by Gasteiger charge is 2.29. The van der Waals surface area contributed by atoms with Gasteiger partial charge in [-0.1, -0.05) is 18.2 Å². The van der Waals surface area contributed by atoms with Gasteiger partial charge in [0.15, 0.2) is 0 Å². The zero-order valence-corrected chi connectivity index (χ0v) is 12.7. The van der Waals surface area contributed by atoms with Crippen molar-refractivity contribution in [2.24, 2.45) is 0 Å². The molecular weight excluding hydrogens is 266 g/mol. The molecule has 0 bridgehead atoms. The van der Waals surface area contributed by atoms with E-state index >= 15 is 0 Å². The fraction of sp³-hybridized carbons (Fsp3) is 0.625. The van der Waals surface area contributed by atoms with E-state index in [0.29, 0.717) is 0 Å². The molecule has 0 aromatic heterocycles. The Morgan fingerprint density at radius 1 is 1.10 bits per heavy atom. The average molecular weight is 289 g/mol. The molecule has 4 heteroatoms. The number of fused-ring (bicyclic) bond motifs is 1. The molecule has 3 aliphatic heterocycles. The molecule has 0 spiro atoms. The molecular formula is C16H23N3S. The fourth-order valence-electron chi connectivity index (χ4n) is 3.49. The zero-order valence-electron chi connectivity index (χ0n) is 11.9. The lowest BCUT2D eigenvalue weighted by Gasteiger charge is -2.43. The highest BCUT2D eigenvalue weighted by molar-refractivity contribution is 8.00. The van der Waals surface area contributed by atoms with E-state index < -0.39 is 0 Å². The number of hydrogen-bond acceptors (Lipinski definition) is 4. The largest absolute Gasteiger partial charge is 0.314 e. The van der Waals surface area contributed by atoms with Gasteiger partial charge in [-0.3, -0.25) is 9.80 Å². The normalized spacial score (nSPS) is 28.3. The molecule has 1 N–H and O–H groups in total. The molecule has 1 aromatic rings. The number of nitrogens with zero attached hydrogens (tertiary/aromatic N) is 2. The van der Waals surface area contributed by atoms with Crippen LogP contribution in [0.1, 0.15) is 5.56 Å². The van der Waals surface area contributed by atoms with Gasteiger partial charge in [0.25, 0.3) is 0 Å². The first-order valence-electron chi connectivity index (χ1n) is 7.80. The van der Waals surface area contributed by atoms with Crippen LogP contribution in [-0.2, 0) is 6.42 Å². The topological polar surface area (TPSA) is 18.5 Å². The van der Waals surface area contributed by atoms with Gasteiger partial charge >= 0.3 is 0 Å². The van der Waals surface area contributed by atoms with E-state index in [1.54, 1.807) is 5.56 Å². The molecule has 4 rings (SSSR count). The number of nitrogens with one attached hydrogen (secondary N) is 1. The van der Waals surface area contributed by atoms with Crippen LogP contribution in [-0.4, -0.2) is 66.9 Å². The SMILES string of the molecule is c1ccc2c(c1)CC(CN1CCN(C3CNC3)CC1)S2. The Hall–Kier alpha value is -0.550. The number of piperazine rings is 1. The second kappa shape index (κ2) is 5.68. The van der Waals surface area contributed by atoms with Crippen molar-refractivity contribution in [3.8, 4) is 0 Å². The minimum Gasteiger partial charge on any atom is -0.314 e. The summed E-state index contributed by atoms with van der Waals surface area (Å²) in [6.07, 6.45) is 1.26. The fourth-order valence-corrected chi connectivity index (χ4v) is 4.85. The molecule has 1 aromatic carbocycles. The third kappa shape index (κ3) is 2.62. The molecule has 20 heavy (non-hydrogen) atoms. The van der Waals surface area contributed by atoms with E-state index in [2.05, 4.69) is 51.1 Å². The van der Waals surface area contributed by atoms with Crippen LogP contribution in [0.2, 0.25) is 0 Å². The summed E-state index contributed by atoms with van der Waals surface area (Å²) in [6.45, 7) is 8.69. The quantitative estimate of drug-likeness (QED) is 0.903. The van der Waals surface area contributed by atoms with Crippen molar-refractivity contribution in [2.75, 3.05) is 45.8 Å². The van der Waals surface area contributed by atoms with Crippen LogP contribution in [0.5, 0.6) is 0 Å². The lowest BCUT2D eigenvalue weighted by atomic mass is 10.1. The first-order valence-corrected chi connectivity index (χ1v) is 8.68. The molecule has 0 radical (unpaired) electrons. The summed E-state index contributed by atoms with van der Waals surface area (Å²) < 4.78 is 0.